The van der Waals surface area contributed by atoms with Gasteiger partial charge in [-0.25, -0.2) is 9.67 Å². The van der Waals surface area contributed by atoms with Gasteiger partial charge in [-0.2, -0.15) is 0 Å². The van der Waals surface area contributed by atoms with E-state index in [4.69, 9.17) is 10.8 Å². The molecule has 0 radical (unpaired) electrons. The number of benzene rings is 1. The first-order valence-corrected chi connectivity index (χ1v) is 13.5. The minimum absolute atomic E-state index is 0.241. The number of fused-ring (bicyclic) bond motifs is 1. The molecular formula is C27H38N8S. The molecule has 1 fully saturated rings. The fraction of sp³-hybridized carbons (Fsp3) is 0.444. The Morgan fingerprint density at radius 1 is 1.31 bits per heavy atom. The topological polar surface area (TPSA) is 115 Å². The van der Waals surface area contributed by atoms with Crippen molar-refractivity contribution in [3.63, 3.8) is 0 Å². The van der Waals surface area contributed by atoms with Gasteiger partial charge in [-0.05, 0) is 51.0 Å². The van der Waals surface area contributed by atoms with Crippen LogP contribution in [0.25, 0.3) is 16.1 Å². The predicted molar refractivity (Wildman–Crippen MR) is 154 cm³/mol. The Morgan fingerprint density at radius 2 is 2.06 bits per heavy atom. The number of allylic oxidation sites excluding steroid dienone is 2. The second-order valence-corrected chi connectivity index (χ2v) is 10.1. The van der Waals surface area contributed by atoms with Crippen molar-refractivity contribution in [2.24, 2.45) is 10.9 Å². The van der Waals surface area contributed by atoms with Crippen LogP contribution in [0.5, 0.6) is 0 Å². The molecule has 9 heteroatoms. The maximum Gasteiger partial charge on any atom is 0.136 e. The standard InChI is InChI=1S/C27H38N8S/c1-5-20(16-25(29)36-26(6-2)35-24-15-11-10-14-23(24)33-34-35)18-31-19(3)22(17-28)27(30-4)32-21-12-8-7-9-13-21/h6,10-11,14-15,17,20-21,28-29,31-32H,3-5,7-9,12-13,16,18H2,1-2H3/b26-6?,27-22+,28-17?,29-25?. The Balaban J connectivity index is 1.58. The summed E-state index contributed by atoms with van der Waals surface area (Å²) in [6.07, 6.45) is 10.7. The van der Waals surface area contributed by atoms with E-state index in [0.29, 0.717) is 41.1 Å². The third-order valence-corrected chi connectivity index (χ3v) is 7.55. The van der Waals surface area contributed by atoms with E-state index in [0.717, 1.165) is 35.3 Å². The number of aromatic nitrogens is 3. The minimum atomic E-state index is 0.241. The molecule has 192 valence electrons. The van der Waals surface area contributed by atoms with E-state index in [1.54, 1.807) is 4.68 Å². The van der Waals surface area contributed by atoms with Gasteiger partial charge in [0.15, 0.2) is 0 Å². The fourth-order valence-electron chi connectivity index (χ4n) is 4.36. The summed E-state index contributed by atoms with van der Waals surface area (Å²) in [5.41, 5.74) is 3.04. The quantitative estimate of drug-likeness (QED) is 0.152. The van der Waals surface area contributed by atoms with Crippen LogP contribution in [0.2, 0.25) is 0 Å². The van der Waals surface area contributed by atoms with Crippen molar-refractivity contribution >= 4 is 45.8 Å². The zero-order valence-corrected chi connectivity index (χ0v) is 22.2. The van der Waals surface area contributed by atoms with Gasteiger partial charge in [0, 0.05) is 24.5 Å². The van der Waals surface area contributed by atoms with Crippen LogP contribution in [-0.2, 0) is 0 Å². The molecule has 0 amide bonds. The van der Waals surface area contributed by atoms with Crippen LogP contribution in [-0.4, -0.2) is 45.6 Å². The summed E-state index contributed by atoms with van der Waals surface area (Å²) in [7, 11) is 0. The van der Waals surface area contributed by atoms with E-state index in [2.05, 4.69) is 46.2 Å². The van der Waals surface area contributed by atoms with Crippen molar-refractivity contribution in [3.05, 3.63) is 54.0 Å². The highest BCUT2D eigenvalue weighted by Gasteiger charge is 2.18. The highest BCUT2D eigenvalue weighted by molar-refractivity contribution is 8.21. The average molecular weight is 507 g/mol. The fourth-order valence-corrected chi connectivity index (χ4v) is 5.27. The molecule has 1 aliphatic carbocycles. The van der Waals surface area contributed by atoms with Crippen molar-refractivity contribution in [1.29, 1.82) is 10.8 Å². The maximum absolute atomic E-state index is 8.65. The summed E-state index contributed by atoms with van der Waals surface area (Å²) in [6.45, 7) is 12.6. The van der Waals surface area contributed by atoms with E-state index in [9.17, 15) is 0 Å². The Bertz CT molecular complexity index is 1140. The summed E-state index contributed by atoms with van der Waals surface area (Å²) in [4.78, 5) is 4.17. The Labute approximate surface area is 218 Å². The lowest BCUT2D eigenvalue weighted by atomic mass is 9.95. The van der Waals surface area contributed by atoms with Crippen molar-refractivity contribution in [2.75, 3.05) is 6.54 Å². The molecule has 0 spiro atoms. The molecule has 8 nitrogen and oxygen atoms in total. The van der Waals surface area contributed by atoms with Gasteiger partial charge in [0.1, 0.15) is 16.4 Å². The van der Waals surface area contributed by atoms with Crippen LogP contribution in [0.1, 0.15) is 58.8 Å². The number of nitrogens with zero attached hydrogens (tertiary/aromatic N) is 4. The second-order valence-electron chi connectivity index (χ2n) is 9.02. The molecule has 36 heavy (non-hydrogen) atoms. The molecule has 1 saturated carbocycles. The molecule has 1 aromatic carbocycles. The summed E-state index contributed by atoms with van der Waals surface area (Å²) in [5, 5.41) is 33.4. The smallest absolute Gasteiger partial charge is 0.136 e. The van der Waals surface area contributed by atoms with Crippen molar-refractivity contribution in [2.45, 2.75) is 64.8 Å². The lowest BCUT2D eigenvalue weighted by molar-refractivity contribution is 0.395. The van der Waals surface area contributed by atoms with E-state index in [-0.39, 0.29) is 5.92 Å². The normalized spacial score (nSPS) is 16.2. The Kier molecular flexibility index (Phi) is 10.5. The van der Waals surface area contributed by atoms with Crippen LogP contribution in [0.3, 0.4) is 0 Å². The Morgan fingerprint density at radius 3 is 2.72 bits per heavy atom. The van der Waals surface area contributed by atoms with Gasteiger partial charge in [-0.15, -0.1) is 5.10 Å². The van der Waals surface area contributed by atoms with Gasteiger partial charge in [0.2, 0.25) is 0 Å². The van der Waals surface area contributed by atoms with Crippen molar-refractivity contribution < 1.29 is 0 Å². The largest absolute Gasteiger partial charge is 0.385 e. The minimum Gasteiger partial charge on any atom is -0.385 e. The highest BCUT2D eigenvalue weighted by atomic mass is 32.2. The number of rotatable bonds is 13. The van der Waals surface area contributed by atoms with Crippen molar-refractivity contribution in [3.8, 4) is 0 Å². The summed E-state index contributed by atoms with van der Waals surface area (Å²) in [5.74, 6) is 0.856. The number of aliphatic imine (C=N–C) groups is 1. The van der Waals surface area contributed by atoms with Crippen LogP contribution >= 0.6 is 11.8 Å². The number of para-hydroxylation sites is 1. The maximum atomic E-state index is 8.65. The summed E-state index contributed by atoms with van der Waals surface area (Å²) in [6, 6.07) is 8.19. The number of hydrogen-bond donors (Lipinski definition) is 4. The molecule has 1 unspecified atom stereocenters. The molecule has 0 saturated heterocycles. The molecule has 3 rings (SSSR count). The molecule has 0 aliphatic heterocycles. The summed E-state index contributed by atoms with van der Waals surface area (Å²) < 4.78 is 1.79. The van der Waals surface area contributed by atoms with Crippen LogP contribution in [0.4, 0.5) is 0 Å². The van der Waals surface area contributed by atoms with Gasteiger partial charge in [-0.3, -0.25) is 5.41 Å². The lowest BCUT2D eigenvalue weighted by Crippen LogP contribution is -2.32. The zero-order chi connectivity index (χ0) is 25.9. The molecular weight excluding hydrogens is 468 g/mol. The molecule has 1 atom stereocenters. The van der Waals surface area contributed by atoms with Gasteiger partial charge in [0.05, 0.1) is 16.1 Å². The third kappa shape index (κ3) is 7.16. The number of nitrogens with one attached hydrogen (secondary N) is 4. The molecule has 0 bridgehead atoms. The SMILES string of the molecule is C=N/C(NC1CCCCC1)=C(/C=N)C(=C)NCC(CC)CC(=N)SC(=CC)n1nnc2ccccc21. The molecule has 4 N–H and O–H groups in total. The molecule has 1 heterocycles. The van der Waals surface area contributed by atoms with E-state index in [1.165, 1.54) is 37.2 Å². The van der Waals surface area contributed by atoms with Gasteiger partial charge >= 0.3 is 0 Å². The first-order valence-electron chi connectivity index (χ1n) is 12.6. The first-order chi connectivity index (χ1) is 17.5. The number of hydrogen-bond acceptors (Lipinski definition) is 8. The number of thioether (sulfide) groups is 1. The van der Waals surface area contributed by atoms with Crippen LogP contribution < -0.4 is 10.6 Å². The molecule has 2 aromatic rings. The van der Waals surface area contributed by atoms with Gasteiger partial charge < -0.3 is 16.0 Å². The molecule has 1 aromatic heterocycles. The monoisotopic (exact) mass is 506 g/mol. The van der Waals surface area contributed by atoms with Crippen LogP contribution in [0.15, 0.2) is 59.0 Å². The first kappa shape index (κ1) is 27.4. The average Bonchev–Trinajstić information content (AvgIpc) is 3.34. The predicted octanol–water partition coefficient (Wildman–Crippen LogP) is 5.96. The third-order valence-electron chi connectivity index (χ3n) is 6.52. The van der Waals surface area contributed by atoms with E-state index in [1.807, 2.05) is 37.3 Å². The van der Waals surface area contributed by atoms with Crippen molar-refractivity contribution in [1.82, 2.24) is 25.6 Å². The van der Waals surface area contributed by atoms with Gasteiger partial charge in [-0.1, -0.05) is 74.4 Å². The van der Waals surface area contributed by atoms with E-state index < -0.39 is 0 Å². The second kappa shape index (κ2) is 13.8. The molecule has 1 aliphatic rings. The lowest BCUT2D eigenvalue weighted by Gasteiger charge is -2.25. The van der Waals surface area contributed by atoms with Crippen LogP contribution in [0, 0.1) is 16.7 Å². The highest BCUT2D eigenvalue weighted by Crippen LogP contribution is 2.28. The Hall–Kier alpha value is -3.20. The summed E-state index contributed by atoms with van der Waals surface area (Å²) >= 11 is 1.41. The van der Waals surface area contributed by atoms with Gasteiger partial charge in [0.25, 0.3) is 0 Å². The zero-order valence-electron chi connectivity index (χ0n) is 21.4. The van der Waals surface area contributed by atoms with E-state index >= 15 is 0 Å².